The number of benzene rings is 1. The van der Waals surface area contributed by atoms with Crippen molar-refractivity contribution in [1.82, 2.24) is 0 Å². The number of anilines is 2. The molecule has 0 unspecified atom stereocenters. The normalized spacial score (nSPS) is 14.6. The molecule has 1 aromatic carbocycles. The number of rotatable bonds is 0. The maximum atomic E-state index is 12.0. The smallest absolute Gasteiger partial charge is 0.414 e. The molecule has 0 bridgehead atoms. The summed E-state index contributed by atoms with van der Waals surface area (Å²) in [5.41, 5.74) is 7.57. The highest BCUT2D eigenvalue weighted by atomic mass is 35.5. The van der Waals surface area contributed by atoms with Gasteiger partial charge in [-0.1, -0.05) is 11.6 Å². The summed E-state index contributed by atoms with van der Waals surface area (Å²) in [6.07, 6.45) is 0.428. The Labute approximate surface area is 112 Å². The lowest BCUT2D eigenvalue weighted by Gasteiger charge is -2.25. The summed E-state index contributed by atoms with van der Waals surface area (Å²) < 4.78 is 5.36. The van der Waals surface area contributed by atoms with Crippen LogP contribution >= 0.6 is 11.6 Å². The van der Waals surface area contributed by atoms with E-state index < -0.39 is 5.60 Å². The van der Waals surface area contributed by atoms with Gasteiger partial charge in [-0.3, -0.25) is 4.90 Å². The van der Waals surface area contributed by atoms with Gasteiger partial charge in [0.25, 0.3) is 0 Å². The first kappa shape index (κ1) is 13.0. The van der Waals surface area contributed by atoms with E-state index in [0.717, 1.165) is 17.7 Å². The Morgan fingerprint density at radius 3 is 2.72 bits per heavy atom. The van der Waals surface area contributed by atoms with E-state index in [1.165, 1.54) is 0 Å². The number of carbonyl (C=O) groups is 1. The number of carbonyl (C=O) groups excluding carboxylic acids is 1. The quantitative estimate of drug-likeness (QED) is 0.735. The first-order valence-electron chi connectivity index (χ1n) is 5.86. The molecule has 0 atom stereocenters. The molecule has 0 fully saturated rings. The molecule has 1 aliphatic rings. The van der Waals surface area contributed by atoms with Gasteiger partial charge in [0.05, 0.1) is 16.4 Å². The third-order valence-corrected chi connectivity index (χ3v) is 3.03. The molecule has 18 heavy (non-hydrogen) atoms. The molecule has 98 valence electrons. The van der Waals surface area contributed by atoms with Crippen molar-refractivity contribution in [1.29, 1.82) is 0 Å². The minimum atomic E-state index is -0.502. The Morgan fingerprint density at radius 2 is 2.11 bits per heavy atom. The minimum absolute atomic E-state index is 0.344. The lowest BCUT2D eigenvalue weighted by molar-refractivity contribution is 0.0584. The average Bonchev–Trinajstić information content (AvgIpc) is 2.59. The van der Waals surface area contributed by atoms with Crippen LogP contribution in [0.5, 0.6) is 0 Å². The van der Waals surface area contributed by atoms with E-state index in [2.05, 4.69) is 0 Å². The van der Waals surface area contributed by atoms with Crippen molar-refractivity contribution >= 4 is 29.1 Å². The van der Waals surface area contributed by atoms with Crippen LogP contribution in [0.2, 0.25) is 5.02 Å². The standard InChI is InChI=1S/C13H17ClN2O2/c1-13(2,3)18-12(17)16-5-4-8-6-9(14)10(15)7-11(8)16/h6-7H,4-5,15H2,1-3H3. The van der Waals surface area contributed by atoms with E-state index in [9.17, 15) is 4.79 Å². The monoisotopic (exact) mass is 268 g/mol. The fourth-order valence-corrected chi connectivity index (χ4v) is 2.12. The van der Waals surface area contributed by atoms with Crippen LogP contribution in [0, 0.1) is 0 Å². The second kappa shape index (κ2) is 4.35. The molecular formula is C13H17ClN2O2. The predicted octanol–water partition coefficient (Wildman–Crippen LogP) is 3.22. The van der Waals surface area contributed by atoms with Crippen LogP contribution in [0.1, 0.15) is 26.3 Å². The van der Waals surface area contributed by atoms with Gasteiger partial charge in [-0.15, -0.1) is 0 Å². The first-order chi connectivity index (χ1) is 8.28. The number of nitrogens with zero attached hydrogens (tertiary/aromatic N) is 1. The fourth-order valence-electron chi connectivity index (χ4n) is 1.93. The van der Waals surface area contributed by atoms with Gasteiger partial charge in [-0.25, -0.2) is 4.79 Å². The summed E-state index contributed by atoms with van der Waals surface area (Å²) in [6.45, 7) is 6.14. The van der Waals surface area contributed by atoms with Crippen LogP contribution in [0.3, 0.4) is 0 Å². The molecule has 0 radical (unpaired) electrons. The number of nitrogen functional groups attached to an aromatic ring is 1. The predicted molar refractivity (Wildman–Crippen MR) is 73.1 cm³/mol. The molecule has 5 heteroatoms. The van der Waals surface area contributed by atoms with Crippen LogP contribution < -0.4 is 10.6 Å². The van der Waals surface area contributed by atoms with Gasteiger partial charge in [-0.05, 0) is 44.9 Å². The fraction of sp³-hybridized carbons (Fsp3) is 0.462. The zero-order valence-corrected chi connectivity index (χ0v) is 11.5. The summed E-state index contributed by atoms with van der Waals surface area (Å²) in [6, 6.07) is 3.55. The Balaban J connectivity index is 2.26. The Morgan fingerprint density at radius 1 is 1.44 bits per heavy atom. The van der Waals surface area contributed by atoms with E-state index in [1.54, 1.807) is 11.0 Å². The zero-order valence-electron chi connectivity index (χ0n) is 10.8. The van der Waals surface area contributed by atoms with E-state index in [-0.39, 0.29) is 6.09 Å². The number of fused-ring (bicyclic) bond motifs is 1. The molecule has 1 amide bonds. The van der Waals surface area contributed by atoms with Crippen LogP contribution in [0.15, 0.2) is 12.1 Å². The Hall–Kier alpha value is -1.42. The van der Waals surface area contributed by atoms with Crippen LogP contribution in [0.4, 0.5) is 16.2 Å². The topological polar surface area (TPSA) is 55.6 Å². The van der Waals surface area contributed by atoms with Gasteiger partial charge in [0.15, 0.2) is 0 Å². The average molecular weight is 269 g/mol. The molecular weight excluding hydrogens is 252 g/mol. The van der Waals surface area contributed by atoms with Gasteiger partial charge >= 0.3 is 6.09 Å². The lowest BCUT2D eigenvalue weighted by Crippen LogP contribution is -2.35. The van der Waals surface area contributed by atoms with Gasteiger partial charge in [0.1, 0.15) is 5.60 Å². The molecule has 0 saturated heterocycles. The summed E-state index contributed by atoms with van der Waals surface area (Å²) in [4.78, 5) is 13.7. The number of hydrogen-bond donors (Lipinski definition) is 1. The molecule has 1 heterocycles. The second-order valence-corrected chi connectivity index (χ2v) is 5.79. The molecule has 0 spiro atoms. The van der Waals surface area contributed by atoms with Crippen LogP contribution in [-0.2, 0) is 11.2 Å². The summed E-state index contributed by atoms with van der Waals surface area (Å²) >= 11 is 5.97. The van der Waals surface area contributed by atoms with Crippen molar-refractivity contribution < 1.29 is 9.53 Å². The zero-order chi connectivity index (χ0) is 13.5. The molecule has 0 aromatic heterocycles. The van der Waals surface area contributed by atoms with Crippen molar-refractivity contribution in [2.45, 2.75) is 32.8 Å². The van der Waals surface area contributed by atoms with E-state index in [0.29, 0.717) is 17.3 Å². The van der Waals surface area contributed by atoms with Gasteiger partial charge in [0, 0.05) is 6.54 Å². The highest BCUT2D eigenvalue weighted by Gasteiger charge is 2.29. The maximum Gasteiger partial charge on any atom is 0.414 e. The third kappa shape index (κ3) is 2.53. The van der Waals surface area contributed by atoms with Crippen molar-refractivity contribution in [2.24, 2.45) is 0 Å². The lowest BCUT2D eigenvalue weighted by atomic mass is 10.1. The largest absolute Gasteiger partial charge is 0.443 e. The van der Waals surface area contributed by atoms with Crippen LogP contribution in [-0.4, -0.2) is 18.2 Å². The van der Waals surface area contributed by atoms with E-state index >= 15 is 0 Å². The summed E-state index contributed by atoms with van der Waals surface area (Å²) in [5.74, 6) is 0. The maximum absolute atomic E-state index is 12.0. The van der Waals surface area contributed by atoms with Crippen molar-refractivity contribution in [3.8, 4) is 0 Å². The molecule has 0 saturated carbocycles. The Bertz CT molecular complexity index is 494. The number of hydrogen-bond acceptors (Lipinski definition) is 3. The number of halogens is 1. The van der Waals surface area contributed by atoms with Gasteiger partial charge < -0.3 is 10.5 Å². The molecule has 2 rings (SSSR count). The first-order valence-corrected chi connectivity index (χ1v) is 6.24. The molecule has 0 aliphatic carbocycles. The number of nitrogens with two attached hydrogens (primary N) is 1. The van der Waals surface area contributed by atoms with Crippen molar-refractivity contribution in [2.75, 3.05) is 17.2 Å². The van der Waals surface area contributed by atoms with E-state index in [4.69, 9.17) is 22.1 Å². The number of ether oxygens (including phenoxy) is 1. The van der Waals surface area contributed by atoms with E-state index in [1.807, 2.05) is 26.8 Å². The van der Waals surface area contributed by atoms with Crippen LogP contribution in [0.25, 0.3) is 0 Å². The highest BCUT2D eigenvalue weighted by Crippen LogP contribution is 2.35. The molecule has 2 N–H and O–H groups in total. The Kier molecular flexibility index (Phi) is 3.15. The van der Waals surface area contributed by atoms with Gasteiger partial charge in [-0.2, -0.15) is 0 Å². The molecule has 1 aromatic rings. The number of amides is 1. The van der Waals surface area contributed by atoms with Crippen molar-refractivity contribution in [3.63, 3.8) is 0 Å². The minimum Gasteiger partial charge on any atom is -0.443 e. The molecule has 4 nitrogen and oxygen atoms in total. The second-order valence-electron chi connectivity index (χ2n) is 5.38. The molecule has 1 aliphatic heterocycles. The SMILES string of the molecule is CC(C)(C)OC(=O)N1CCc2cc(Cl)c(N)cc21. The summed E-state index contributed by atoms with van der Waals surface area (Å²) in [7, 11) is 0. The summed E-state index contributed by atoms with van der Waals surface area (Å²) in [5, 5.41) is 0.528. The third-order valence-electron chi connectivity index (χ3n) is 2.71. The van der Waals surface area contributed by atoms with Crippen molar-refractivity contribution in [3.05, 3.63) is 22.7 Å². The van der Waals surface area contributed by atoms with Gasteiger partial charge in [0.2, 0.25) is 0 Å². The highest BCUT2D eigenvalue weighted by molar-refractivity contribution is 6.33.